The number of hydrogen-bond acceptors (Lipinski definition) is 3. The van der Waals surface area contributed by atoms with Crippen LogP contribution in [0.3, 0.4) is 0 Å². The smallest absolute Gasteiger partial charge is 0.0746 e. The third kappa shape index (κ3) is 2.98. The molecule has 1 N–H and O–H groups in total. The van der Waals surface area contributed by atoms with E-state index in [4.69, 9.17) is 5.26 Å². The molecule has 0 amide bonds. The molecule has 0 bridgehead atoms. The topological polar surface area (TPSA) is 47.3 Å². The second kappa shape index (κ2) is 4.08. The first-order valence-corrected chi connectivity index (χ1v) is 4.88. The number of likely N-dealkylation sites (tertiary alicyclic amines) is 1. The summed E-state index contributed by atoms with van der Waals surface area (Å²) in [5.74, 6) is 0. The summed E-state index contributed by atoms with van der Waals surface area (Å²) in [6.07, 6.45) is 2.46. The number of piperidine rings is 1. The zero-order chi connectivity index (χ0) is 9.90. The Morgan fingerprint density at radius 2 is 2.38 bits per heavy atom. The molecular formula is C10H18N2O. The fourth-order valence-corrected chi connectivity index (χ4v) is 1.90. The summed E-state index contributed by atoms with van der Waals surface area (Å²) in [5, 5.41) is 18.4. The van der Waals surface area contributed by atoms with Crippen molar-refractivity contribution in [1.82, 2.24) is 4.90 Å². The van der Waals surface area contributed by atoms with Gasteiger partial charge in [0.05, 0.1) is 18.1 Å². The lowest BCUT2D eigenvalue weighted by atomic mass is 9.94. The largest absolute Gasteiger partial charge is 0.389 e. The number of rotatable bonds is 2. The number of β-amino-alcohol motifs (C(OH)–C–C–N with tert-alkyl or cyclic N) is 1. The minimum atomic E-state index is -0.554. The first kappa shape index (κ1) is 10.5. The fraction of sp³-hybridized carbons (Fsp3) is 0.900. The SMILES string of the molecule is CC(CC#N)N1CCCC(C)(O)C1. The molecule has 1 heterocycles. The van der Waals surface area contributed by atoms with Crippen LogP contribution in [0.15, 0.2) is 0 Å². The van der Waals surface area contributed by atoms with Gasteiger partial charge in [-0.15, -0.1) is 0 Å². The van der Waals surface area contributed by atoms with Gasteiger partial charge in [-0.05, 0) is 33.2 Å². The van der Waals surface area contributed by atoms with Crippen molar-refractivity contribution in [2.24, 2.45) is 0 Å². The molecule has 1 aliphatic heterocycles. The highest BCUT2D eigenvalue weighted by Crippen LogP contribution is 2.22. The summed E-state index contributed by atoms with van der Waals surface area (Å²) < 4.78 is 0. The zero-order valence-electron chi connectivity index (χ0n) is 8.45. The van der Waals surface area contributed by atoms with Crippen LogP contribution in [-0.2, 0) is 0 Å². The van der Waals surface area contributed by atoms with E-state index in [0.717, 1.165) is 19.4 Å². The average Bonchev–Trinajstić information content (AvgIpc) is 2.03. The standard InChI is InChI=1S/C10H18N2O/c1-9(4-6-11)12-7-3-5-10(2,13)8-12/h9,13H,3-5,7-8H2,1-2H3. The third-order valence-electron chi connectivity index (χ3n) is 2.71. The number of nitriles is 1. The van der Waals surface area contributed by atoms with Gasteiger partial charge in [-0.1, -0.05) is 0 Å². The van der Waals surface area contributed by atoms with Crippen molar-refractivity contribution < 1.29 is 5.11 Å². The average molecular weight is 182 g/mol. The van der Waals surface area contributed by atoms with Crippen LogP contribution in [0, 0.1) is 11.3 Å². The maximum absolute atomic E-state index is 9.84. The van der Waals surface area contributed by atoms with E-state index >= 15 is 0 Å². The maximum Gasteiger partial charge on any atom is 0.0746 e. The Bertz CT molecular complexity index is 207. The molecule has 3 heteroatoms. The van der Waals surface area contributed by atoms with Gasteiger partial charge < -0.3 is 5.11 Å². The fourth-order valence-electron chi connectivity index (χ4n) is 1.90. The van der Waals surface area contributed by atoms with E-state index < -0.39 is 5.60 Å². The summed E-state index contributed by atoms with van der Waals surface area (Å²) in [6, 6.07) is 2.44. The lowest BCUT2D eigenvalue weighted by molar-refractivity contribution is -0.0269. The Kier molecular flexibility index (Phi) is 3.29. The molecule has 0 radical (unpaired) electrons. The van der Waals surface area contributed by atoms with Gasteiger partial charge in [0.25, 0.3) is 0 Å². The van der Waals surface area contributed by atoms with Crippen LogP contribution in [0.25, 0.3) is 0 Å². The van der Waals surface area contributed by atoms with Crippen LogP contribution < -0.4 is 0 Å². The van der Waals surface area contributed by atoms with Gasteiger partial charge in [0, 0.05) is 12.6 Å². The molecule has 1 aliphatic rings. The van der Waals surface area contributed by atoms with Crippen molar-refractivity contribution >= 4 is 0 Å². The lowest BCUT2D eigenvalue weighted by Gasteiger charge is -2.39. The predicted octanol–water partition coefficient (Wildman–Crippen LogP) is 1.14. The van der Waals surface area contributed by atoms with Crippen LogP contribution >= 0.6 is 0 Å². The molecule has 0 aliphatic carbocycles. The molecule has 1 fully saturated rings. The van der Waals surface area contributed by atoms with Crippen molar-refractivity contribution in [2.45, 2.75) is 44.8 Å². The minimum absolute atomic E-state index is 0.275. The van der Waals surface area contributed by atoms with E-state index in [1.807, 2.05) is 13.8 Å². The summed E-state index contributed by atoms with van der Waals surface area (Å²) in [7, 11) is 0. The van der Waals surface area contributed by atoms with E-state index in [1.54, 1.807) is 0 Å². The second-order valence-corrected chi connectivity index (χ2v) is 4.28. The third-order valence-corrected chi connectivity index (χ3v) is 2.71. The van der Waals surface area contributed by atoms with E-state index in [1.165, 1.54) is 0 Å². The summed E-state index contributed by atoms with van der Waals surface area (Å²) >= 11 is 0. The van der Waals surface area contributed by atoms with Crippen molar-refractivity contribution in [3.05, 3.63) is 0 Å². The lowest BCUT2D eigenvalue weighted by Crippen LogP contribution is -2.49. The van der Waals surface area contributed by atoms with Gasteiger partial charge in [0.2, 0.25) is 0 Å². The van der Waals surface area contributed by atoms with E-state index in [0.29, 0.717) is 13.0 Å². The second-order valence-electron chi connectivity index (χ2n) is 4.28. The number of hydrogen-bond donors (Lipinski definition) is 1. The molecule has 1 saturated heterocycles. The van der Waals surface area contributed by atoms with Crippen LogP contribution in [0.4, 0.5) is 0 Å². The van der Waals surface area contributed by atoms with E-state index in [2.05, 4.69) is 11.0 Å². The number of aliphatic hydroxyl groups is 1. The molecule has 13 heavy (non-hydrogen) atoms. The van der Waals surface area contributed by atoms with Crippen molar-refractivity contribution in [1.29, 1.82) is 5.26 Å². The van der Waals surface area contributed by atoms with Crippen LogP contribution in [-0.4, -0.2) is 34.7 Å². The van der Waals surface area contributed by atoms with E-state index in [9.17, 15) is 5.11 Å². The molecule has 0 aromatic carbocycles. The van der Waals surface area contributed by atoms with Crippen LogP contribution in [0.2, 0.25) is 0 Å². The highest BCUT2D eigenvalue weighted by atomic mass is 16.3. The molecule has 0 aromatic rings. The maximum atomic E-state index is 9.84. The van der Waals surface area contributed by atoms with Crippen molar-refractivity contribution in [3.63, 3.8) is 0 Å². The Balaban J connectivity index is 2.47. The van der Waals surface area contributed by atoms with Crippen molar-refractivity contribution in [3.8, 4) is 6.07 Å². The highest BCUT2D eigenvalue weighted by molar-refractivity contribution is 4.88. The molecular weight excluding hydrogens is 164 g/mol. The Hall–Kier alpha value is -0.590. The Morgan fingerprint density at radius 1 is 1.69 bits per heavy atom. The summed E-state index contributed by atoms with van der Waals surface area (Å²) in [6.45, 7) is 5.64. The highest BCUT2D eigenvalue weighted by Gasteiger charge is 2.30. The normalized spacial score (nSPS) is 32.5. The summed E-state index contributed by atoms with van der Waals surface area (Å²) in [5.41, 5.74) is -0.554. The molecule has 3 nitrogen and oxygen atoms in total. The molecule has 74 valence electrons. The molecule has 0 aromatic heterocycles. The Morgan fingerprint density at radius 3 is 2.92 bits per heavy atom. The summed E-state index contributed by atoms with van der Waals surface area (Å²) in [4.78, 5) is 2.20. The zero-order valence-corrected chi connectivity index (χ0v) is 8.45. The van der Waals surface area contributed by atoms with Gasteiger partial charge in [-0.25, -0.2) is 0 Å². The first-order valence-electron chi connectivity index (χ1n) is 4.88. The molecule has 2 unspecified atom stereocenters. The molecule has 1 rings (SSSR count). The molecule has 0 saturated carbocycles. The van der Waals surface area contributed by atoms with Gasteiger partial charge >= 0.3 is 0 Å². The minimum Gasteiger partial charge on any atom is -0.389 e. The van der Waals surface area contributed by atoms with Crippen LogP contribution in [0.1, 0.15) is 33.1 Å². The first-order chi connectivity index (χ1) is 6.05. The van der Waals surface area contributed by atoms with Gasteiger partial charge in [-0.2, -0.15) is 5.26 Å². The quantitative estimate of drug-likeness (QED) is 0.696. The number of nitrogens with zero attached hydrogens (tertiary/aromatic N) is 2. The molecule has 2 atom stereocenters. The van der Waals surface area contributed by atoms with Gasteiger partial charge in [0.1, 0.15) is 0 Å². The monoisotopic (exact) mass is 182 g/mol. The van der Waals surface area contributed by atoms with Gasteiger partial charge in [-0.3, -0.25) is 4.90 Å². The van der Waals surface area contributed by atoms with Crippen molar-refractivity contribution in [2.75, 3.05) is 13.1 Å². The predicted molar refractivity (Wildman–Crippen MR) is 51.1 cm³/mol. The molecule has 0 spiro atoms. The van der Waals surface area contributed by atoms with Gasteiger partial charge in [0.15, 0.2) is 0 Å². The Labute approximate surface area is 80.0 Å². The van der Waals surface area contributed by atoms with Crippen LogP contribution in [0.5, 0.6) is 0 Å². The van der Waals surface area contributed by atoms with E-state index in [-0.39, 0.29) is 6.04 Å².